The van der Waals surface area contributed by atoms with E-state index in [2.05, 4.69) is 32.1 Å². The number of allylic oxidation sites excluding steroid dienone is 4. The molecule has 3 heterocycles. The highest BCUT2D eigenvalue weighted by Crippen LogP contribution is 2.33. The first-order valence-corrected chi connectivity index (χ1v) is 14.9. The van der Waals surface area contributed by atoms with Crippen molar-refractivity contribution in [1.82, 2.24) is 0 Å². The number of cyclic esters (lactones) is 1. The van der Waals surface area contributed by atoms with Gasteiger partial charge in [0.25, 0.3) is 0 Å². The molecule has 0 aromatic carbocycles. The maximum Gasteiger partial charge on any atom is 0.330 e. The molecule has 0 unspecified atom stereocenters. The van der Waals surface area contributed by atoms with Gasteiger partial charge in [-0.05, 0) is 76.3 Å². The van der Waals surface area contributed by atoms with Crippen molar-refractivity contribution in [3.05, 3.63) is 48.1 Å². The van der Waals surface area contributed by atoms with Gasteiger partial charge in [-0.3, -0.25) is 4.79 Å². The van der Waals surface area contributed by atoms with Gasteiger partial charge in [0.15, 0.2) is 0 Å². The van der Waals surface area contributed by atoms with Gasteiger partial charge in [-0.25, -0.2) is 4.79 Å². The molecular formula is C32H49NO6. The molecule has 39 heavy (non-hydrogen) atoms. The van der Waals surface area contributed by atoms with E-state index in [9.17, 15) is 9.59 Å². The molecule has 4 bridgehead atoms. The molecule has 3 aliphatic heterocycles. The highest BCUT2D eigenvalue weighted by Gasteiger charge is 2.33. The average molecular weight is 544 g/mol. The Balaban J connectivity index is 1.78. The summed E-state index contributed by atoms with van der Waals surface area (Å²) < 4.78 is 23.8. The zero-order valence-corrected chi connectivity index (χ0v) is 24.1. The van der Waals surface area contributed by atoms with Crippen molar-refractivity contribution in [3.8, 4) is 0 Å². The van der Waals surface area contributed by atoms with E-state index in [1.54, 1.807) is 6.08 Å². The van der Waals surface area contributed by atoms with Gasteiger partial charge in [-0.1, -0.05) is 49.8 Å². The van der Waals surface area contributed by atoms with Crippen LogP contribution in [0.15, 0.2) is 48.1 Å². The number of ether oxygens (including phenoxy) is 4. The van der Waals surface area contributed by atoms with Crippen molar-refractivity contribution in [3.63, 3.8) is 0 Å². The van der Waals surface area contributed by atoms with Gasteiger partial charge in [-0.15, -0.1) is 0 Å². The summed E-state index contributed by atoms with van der Waals surface area (Å²) in [5.41, 5.74) is 6.52. The van der Waals surface area contributed by atoms with E-state index in [4.69, 9.17) is 24.7 Å². The fourth-order valence-corrected chi connectivity index (χ4v) is 5.69. The van der Waals surface area contributed by atoms with E-state index >= 15 is 0 Å². The molecule has 2 N–H and O–H groups in total. The summed E-state index contributed by atoms with van der Waals surface area (Å²) in [6, 6.07) is 0. The number of esters is 2. The number of hydrogen-bond donors (Lipinski definition) is 1. The first-order valence-electron chi connectivity index (χ1n) is 14.9. The van der Waals surface area contributed by atoms with Crippen molar-refractivity contribution >= 4 is 11.9 Å². The van der Waals surface area contributed by atoms with Crippen molar-refractivity contribution in [2.24, 2.45) is 17.6 Å². The van der Waals surface area contributed by atoms with E-state index in [-0.39, 0.29) is 54.8 Å². The molecule has 0 amide bonds. The van der Waals surface area contributed by atoms with E-state index in [0.29, 0.717) is 25.3 Å². The highest BCUT2D eigenvalue weighted by molar-refractivity contribution is 5.82. The van der Waals surface area contributed by atoms with Crippen molar-refractivity contribution in [2.75, 3.05) is 13.7 Å². The second-order valence-electron chi connectivity index (χ2n) is 11.4. The quantitative estimate of drug-likeness (QED) is 0.144. The lowest BCUT2D eigenvalue weighted by Crippen LogP contribution is -2.37. The summed E-state index contributed by atoms with van der Waals surface area (Å²) in [6.07, 6.45) is 22.8. The number of carbonyl (C=O) groups excluding carboxylic acids is 2. The summed E-state index contributed by atoms with van der Waals surface area (Å²) >= 11 is 0. The molecular weight excluding hydrogens is 494 g/mol. The summed E-state index contributed by atoms with van der Waals surface area (Å²) in [5.74, 6) is -0.300. The SMILES string of the molecule is COC(=O)/C=C1\C[C@H]2CC(=O)O[C@@H](/C=C/C=C\CCCCN)[C@@H](C)/C=C/[C@H](C)C[C@H]3CCC[C@@H](C[C@@H](C1)O2)O3. The summed E-state index contributed by atoms with van der Waals surface area (Å²) in [6.45, 7) is 5.01. The minimum absolute atomic E-state index is 0.0148. The molecule has 7 heteroatoms. The normalized spacial score (nSPS) is 34.7. The summed E-state index contributed by atoms with van der Waals surface area (Å²) in [7, 11) is 1.38. The highest BCUT2D eigenvalue weighted by atomic mass is 16.6. The number of methoxy groups -OCH3 is 1. The number of rotatable bonds is 7. The van der Waals surface area contributed by atoms with Crippen LogP contribution in [0.2, 0.25) is 0 Å². The van der Waals surface area contributed by atoms with Crippen LogP contribution >= 0.6 is 0 Å². The van der Waals surface area contributed by atoms with Gasteiger partial charge in [0.2, 0.25) is 0 Å². The maximum absolute atomic E-state index is 13.1. The molecule has 0 aromatic heterocycles. The van der Waals surface area contributed by atoms with Crippen LogP contribution in [0.3, 0.4) is 0 Å². The van der Waals surface area contributed by atoms with Gasteiger partial charge >= 0.3 is 11.9 Å². The lowest BCUT2D eigenvalue weighted by atomic mass is 9.89. The van der Waals surface area contributed by atoms with Crippen LogP contribution in [0, 0.1) is 11.8 Å². The van der Waals surface area contributed by atoms with Crippen molar-refractivity contribution in [2.45, 2.75) is 115 Å². The first-order chi connectivity index (χ1) is 18.9. The topological polar surface area (TPSA) is 97.1 Å². The predicted molar refractivity (Wildman–Crippen MR) is 153 cm³/mol. The van der Waals surface area contributed by atoms with E-state index < -0.39 is 0 Å². The lowest BCUT2D eigenvalue weighted by molar-refractivity contribution is -0.154. The zero-order valence-electron chi connectivity index (χ0n) is 24.1. The average Bonchev–Trinajstić information content (AvgIpc) is 2.90. The molecule has 0 spiro atoms. The molecule has 3 aliphatic rings. The van der Waals surface area contributed by atoms with Crippen molar-refractivity contribution in [1.29, 1.82) is 0 Å². The molecule has 7 nitrogen and oxygen atoms in total. The Bertz CT molecular complexity index is 893. The fraction of sp³-hybridized carbons (Fsp3) is 0.688. The third-order valence-electron chi connectivity index (χ3n) is 7.78. The third-order valence-corrected chi connectivity index (χ3v) is 7.78. The number of unbranched alkanes of at least 4 members (excludes halogenated alkanes) is 2. The maximum atomic E-state index is 13.1. The molecule has 3 rings (SSSR count). The minimum Gasteiger partial charge on any atom is -0.466 e. The standard InChI is InChI=1S/C32H49NO6/c1-23-14-15-24(2)30(13-8-6-4-5-7-9-16-33)39-32(35)22-29-19-25(20-31(34)36-3)18-28(38-29)21-27-12-10-11-26(17-23)37-27/h4,6,8,13-15,20,23-24,26-30H,5,7,9-12,16-19,21-22,33H2,1-3H3/b6-4-,13-8+,15-14+,25-20-/t23-,24-,26+,27-,28+,29-,30-/m0/s1. The fourth-order valence-electron chi connectivity index (χ4n) is 5.69. The van der Waals surface area contributed by atoms with Crippen LogP contribution in [0.4, 0.5) is 0 Å². The largest absolute Gasteiger partial charge is 0.466 e. The van der Waals surface area contributed by atoms with Gasteiger partial charge < -0.3 is 24.7 Å². The molecule has 0 radical (unpaired) electrons. The van der Waals surface area contributed by atoms with E-state index in [1.165, 1.54) is 7.11 Å². The molecule has 0 aliphatic carbocycles. The van der Waals surface area contributed by atoms with Crippen molar-refractivity contribution < 1.29 is 28.5 Å². The minimum atomic E-state index is -0.387. The Morgan fingerprint density at radius 1 is 1.00 bits per heavy atom. The number of nitrogens with two attached hydrogens (primary N) is 1. The molecule has 2 saturated heterocycles. The second-order valence-corrected chi connectivity index (χ2v) is 11.4. The van der Waals surface area contributed by atoms with Crippen LogP contribution in [0.1, 0.15) is 84.5 Å². The van der Waals surface area contributed by atoms with Gasteiger partial charge in [-0.2, -0.15) is 0 Å². The second kappa shape index (κ2) is 16.8. The van der Waals surface area contributed by atoms with Crippen LogP contribution in [0.5, 0.6) is 0 Å². The molecule has 0 aromatic rings. The van der Waals surface area contributed by atoms with Crippen LogP contribution in [-0.2, 0) is 28.5 Å². The molecule has 0 saturated carbocycles. The Morgan fingerprint density at radius 2 is 1.74 bits per heavy atom. The number of hydrogen-bond acceptors (Lipinski definition) is 7. The molecule has 2 fully saturated rings. The molecule has 7 atom stereocenters. The first kappa shape index (κ1) is 31.3. The molecule has 218 valence electrons. The summed E-state index contributed by atoms with van der Waals surface area (Å²) in [5, 5.41) is 0. The monoisotopic (exact) mass is 543 g/mol. The predicted octanol–water partition coefficient (Wildman–Crippen LogP) is 5.74. The third kappa shape index (κ3) is 11.4. The summed E-state index contributed by atoms with van der Waals surface area (Å²) in [4.78, 5) is 25.1. The Kier molecular flexibility index (Phi) is 13.5. The van der Waals surface area contributed by atoms with Crippen LogP contribution in [-0.4, -0.2) is 56.1 Å². The Labute approximate surface area is 234 Å². The van der Waals surface area contributed by atoms with Gasteiger partial charge in [0.1, 0.15) is 6.10 Å². The zero-order chi connectivity index (χ0) is 28.0. The van der Waals surface area contributed by atoms with Gasteiger partial charge in [0.05, 0.1) is 37.9 Å². The van der Waals surface area contributed by atoms with E-state index in [1.807, 2.05) is 18.2 Å². The van der Waals surface area contributed by atoms with Crippen LogP contribution < -0.4 is 5.73 Å². The van der Waals surface area contributed by atoms with Gasteiger partial charge in [0, 0.05) is 18.4 Å². The number of carbonyl (C=O) groups is 2. The smallest absolute Gasteiger partial charge is 0.330 e. The number of fused-ring (bicyclic) bond motifs is 4. The lowest BCUT2D eigenvalue weighted by Gasteiger charge is -2.37. The van der Waals surface area contributed by atoms with E-state index in [0.717, 1.165) is 56.9 Å². The Hall–Kier alpha value is -2.22. The van der Waals surface area contributed by atoms with Crippen LogP contribution in [0.25, 0.3) is 0 Å². The Morgan fingerprint density at radius 3 is 2.51 bits per heavy atom.